The van der Waals surface area contributed by atoms with Gasteiger partial charge >= 0.3 is 5.97 Å². The van der Waals surface area contributed by atoms with Crippen molar-refractivity contribution >= 4 is 16.0 Å². The molecule has 1 rings (SSSR count). The van der Waals surface area contributed by atoms with Crippen molar-refractivity contribution < 1.29 is 27.9 Å². The van der Waals surface area contributed by atoms with E-state index in [-0.39, 0.29) is 23.7 Å². The van der Waals surface area contributed by atoms with E-state index >= 15 is 0 Å². The van der Waals surface area contributed by atoms with E-state index in [0.717, 1.165) is 0 Å². The molecule has 2 N–H and O–H groups in total. The summed E-state index contributed by atoms with van der Waals surface area (Å²) in [5.41, 5.74) is 0. The summed E-state index contributed by atoms with van der Waals surface area (Å²) in [6.07, 6.45) is 1.72. The summed E-state index contributed by atoms with van der Waals surface area (Å²) < 4.78 is 27.1. The van der Waals surface area contributed by atoms with Crippen molar-refractivity contribution in [3.63, 3.8) is 0 Å². The summed E-state index contributed by atoms with van der Waals surface area (Å²) in [5, 5.41) is 14.0. The Kier molecular flexibility index (Phi) is 6.73. The molecule has 22 heavy (non-hydrogen) atoms. The zero-order valence-electron chi connectivity index (χ0n) is 11.6. The van der Waals surface area contributed by atoms with Gasteiger partial charge in [-0.25, -0.2) is 13.6 Å². The first kappa shape index (κ1) is 17.9. The number of hydrogen-bond donors (Lipinski definition) is 1. The summed E-state index contributed by atoms with van der Waals surface area (Å²) in [4.78, 5) is 25.5. The smallest absolute Gasteiger partial charge is 0.311 e. The van der Waals surface area contributed by atoms with E-state index in [9.17, 15) is 23.3 Å². The Labute approximate surface area is 127 Å². The maximum Gasteiger partial charge on any atom is 0.311 e. The van der Waals surface area contributed by atoms with E-state index in [0.29, 0.717) is 19.3 Å². The lowest BCUT2D eigenvalue weighted by Crippen LogP contribution is -2.12. The second-order valence-corrected chi connectivity index (χ2v) is 5.92. The highest BCUT2D eigenvalue weighted by molar-refractivity contribution is 7.89. The molecule has 0 aromatic heterocycles. The fraction of sp³-hybridized carbons (Fsp3) is 0.417. The third-order valence-corrected chi connectivity index (χ3v) is 3.54. The first-order valence-electron chi connectivity index (χ1n) is 6.40. The van der Waals surface area contributed by atoms with Gasteiger partial charge in [0.05, 0.1) is 11.5 Å². The molecule has 0 atom stereocenters. The van der Waals surface area contributed by atoms with E-state index in [4.69, 9.17) is 9.88 Å². The van der Waals surface area contributed by atoms with E-state index in [1.165, 1.54) is 24.3 Å². The first-order valence-corrected chi connectivity index (χ1v) is 7.94. The van der Waals surface area contributed by atoms with Crippen molar-refractivity contribution in [2.24, 2.45) is 5.14 Å². The minimum Gasteiger partial charge on any atom is -0.427 e. The van der Waals surface area contributed by atoms with Gasteiger partial charge in [-0.1, -0.05) is 6.42 Å². The average Bonchev–Trinajstić information content (AvgIpc) is 2.42. The lowest BCUT2D eigenvalue weighted by Gasteiger charge is -2.05. The standard InChI is InChI=1S/C12H16N2O7S/c13-22(18,19)11-7-5-10(6-8-11)21-12(15)4-2-1-3-9-20-14(16)17/h5-8H,1-4,9H2,(H2,13,18,19). The van der Waals surface area contributed by atoms with Gasteiger partial charge in [0.1, 0.15) is 5.75 Å². The van der Waals surface area contributed by atoms with Crippen molar-refractivity contribution in [3.8, 4) is 5.75 Å². The minimum absolute atomic E-state index is 0.00290. The van der Waals surface area contributed by atoms with Crippen molar-refractivity contribution in [1.82, 2.24) is 0 Å². The second-order valence-electron chi connectivity index (χ2n) is 4.36. The van der Waals surface area contributed by atoms with Crippen LogP contribution < -0.4 is 9.88 Å². The van der Waals surface area contributed by atoms with Gasteiger partial charge in [-0.15, -0.1) is 10.1 Å². The Morgan fingerprint density at radius 2 is 1.82 bits per heavy atom. The Morgan fingerprint density at radius 3 is 2.36 bits per heavy atom. The highest BCUT2D eigenvalue weighted by Gasteiger charge is 2.09. The Hall–Kier alpha value is -2.20. The normalized spacial score (nSPS) is 11.0. The number of hydrogen-bond acceptors (Lipinski definition) is 7. The summed E-state index contributed by atoms with van der Waals surface area (Å²) in [6.45, 7) is -0.00290. The number of ether oxygens (including phenoxy) is 1. The summed E-state index contributed by atoms with van der Waals surface area (Å²) in [6, 6.07) is 5.16. The molecule has 1 aromatic carbocycles. The van der Waals surface area contributed by atoms with Gasteiger partial charge < -0.3 is 9.57 Å². The van der Waals surface area contributed by atoms with Crippen molar-refractivity contribution in [2.45, 2.75) is 30.6 Å². The van der Waals surface area contributed by atoms with Crippen LogP contribution in [0.5, 0.6) is 5.75 Å². The number of benzene rings is 1. The topological polar surface area (TPSA) is 139 Å². The maximum atomic E-state index is 11.5. The van der Waals surface area contributed by atoms with E-state index in [2.05, 4.69) is 4.84 Å². The highest BCUT2D eigenvalue weighted by atomic mass is 32.2. The van der Waals surface area contributed by atoms with Crippen LogP contribution in [0.15, 0.2) is 29.2 Å². The number of nitrogens with zero attached hydrogens (tertiary/aromatic N) is 1. The zero-order chi connectivity index (χ0) is 16.6. The molecule has 9 nitrogen and oxygen atoms in total. The van der Waals surface area contributed by atoms with Crippen LogP contribution in [0.2, 0.25) is 0 Å². The van der Waals surface area contributed by atoms with Gasteiger partial charge in [0.2, 0.25) is 10.0 Å². The number of carbonyl (C=O) groups excluding carboxylic acids is 1. The van der Waals surface area contributed by atoms with Crippen LogP contribution in [0.3, 0.4) is 0 Å². The van der Waals surface area contributed by atoms with Gasteiger partial charge in [0.25, 0.3) is 5.09 Å². The lowest BCUT2D eigenvalue weighted by atomic mass is 10.2. The van der Waals surface area contributed by atoms with Crippen LogP contribution in [-0.2, 0) is 19.7 Å². The van der Waals surface area contributed by atoms with E-state index < -0.39 is 21.1 Å². The quantitative estimate of drug-likeness (QED) is 0.234. The molecule has 122 valence electrons. The van der Waals surface area contributed by atoms with Crippen LogP contribution in [-0.4, -0.2) is 26.1 Å². The second kappa shape index (κ2) is 8.29. The lowest BCUT2D eigenvalue weighted by molar-refractivity contribution is -0.757. The number of esters is 1. The molecule has 0 aliphatic rings. The van der Waals surface area contributed by atoms with Gasteiger partial charge in [0.15, 0.2) is 0 Å². The number of rotatable bonds is 9. The molecule has 0 spiro atoms. The van der Waals surface area contributed by atoms with Crippen LogP contribution >= 0.6 is 0 Å². The third-order valence-electron chi connectivity index (χ3n) is 2.61. The predicted octanol–water partition coefficient (Wildman–Crippen LogP) is 1.01. The summed E-state index contributed by atoms with van der Waals surface area (Å²) in [5.74, 6) is -0.257. The molecule has 0 amide bonds. The SMILES string of the molecule is NS(=O)(=O)c1ccc(OC(=O)CCCCCO[N+](=O)[O-])cc1. The zero-order valence-corrected chi connectivity index (χ0v) is 12.5. The maximum absolute atomic E-state index is 11.5. The monoisotopic (exact) mass is 332 g/mol. The number of sulfonamides is 1. The minimum atomic E-state index is -3.78. The molecule has 0 aliphatic carbocycles. The molecule has 0 heterocycles. The highest BCUT2D eigenvalue weighted by Crippen LogP contribution is 2.15. The molecule has 0 bridgehead atoms. The van der Waals surface area contributed by atoms with Gasteiger partial charge in [-0.3, -0.25) is 4.79 Å². The fourth-order valence-electron chi connectivity index (χ4n) is 1.57. The molecular weight excluding hydrogens is 316 g/mol. The molecule has 0 saturated carbocycles. The molecule has 0 radical (unpaired) electrons. The average molecular weight is 332 g/mol. The van der Waals surface area contributed by atoms with Crippen molar-refractivity contribution in [2.75, 3.05) is 6.61 Å². The molecule has 0 fully saturated rings. The van der Waals surface area contributed by atoms with Crippen molar-refractivity contribution in [1.29, 1.82) is 0 Å². The van der Waals surface area contributed by atoms with Gasteiger partial charge in [0, 0.05) is 6.42 Å². The third kappa shape index (κ3) is 6.99. The number of carbonyl (C=O) groups is 1. The molecule has 0 saturated heterocycles. The number of unbranched alkanes of at least 4 members (excludes halogenated alkanes) is 2. The number of nitrogens with two attached hydrogens (primary N) is 1. The molecular formula is C12H16N2O7S. The van der Waals surface area contributed by atoms with Crippen LogP contribution in [0.4, 0.5) is 0 Å². The fourth-order valence-corrected chi connectivity index (χ4v) is 2.08. The summed E-state index contributed by atoms with van der Waals surface area (Å²) >= 11 is 0. The Balaban J connectivity index is 2.29. The van der Waals surface area contributed by atoms with Crippen LogP contribution in [0, 0.1) is 10.1 Å². The van der Waals surface area contributed by atoms with Crippen LogP contribution in [0.25, 0.3) is 0 Å². The van der Waals surface area contributed by atoms with E-state index in [1.54, 1.807) is 0 Å². The molecule has 0 unspecified atom stereocenters. The van der Waals surface area contributed by atoms with E-state index in [1.807, 2.05) is 0 Å². The number of primary sulfonamides is 1. The van der Waals surface area contributed by atoms with Gasteiger partial charge in [-0.05, 0) is 37.1 Å². The van der Waals surface area contributed by atoms with Crippen molar-refractivity contribution in [3.05, 3.63) is 34.4 Å². The predicted molar refractivity (Wildman–Crippen MR) is 74.9 cm³/mol. The first-order chi connectivity index (χ1) is 10.3. The molecule has 10 heteroatoms. The largest absolute Gasteiger partial charge is 0.427 e. The molecule has 0 aliphatic heterocycles. The molecule has 1 aromatic rings. The Bertz CT molecular complexity index is 613. The van der Waals surface area contributed by atoms with Crippen LogP contribution in [0.1, 0.15) is 25.7 Å². The Morgan fingerprint density at radius 1 is 1.18 bits per heavy atom. The summed E-state index contributed by atoms with van der Waals surface area (Å²) in [7, 11) is -3.78. The van der Waals surface area contributed by atoms with Gasteiger partial charge in [-0.2, -0.15) is 0 Å².